The molecule has 5 nitrogen and oxygen atoms in total. The van der Waals surface area contributed by atoms with E-state index in [9.17, 15) is 4.79 Å². The third-order valence-electron chi connectivity index (χ3n) is 5.02. The van der Waals surface area contributed by atoms with E-state index in [4.69, 9.17) is 4.74 Å². The van der Waals surface area contributed by atoms with Gasteiger partial charge in [-0.25, -0.2) is 0 Å². The van der Waals surface area contributed by atoms with E-state index in [1.807, 2.05) is 25.5 Å². The molecule has 2 aliphatic rings. The summed E-state index contributed by atoms with van der Waals surface area (Å²) in [5, 5.41) is 7.15. The molecule has 1 N–H and O–H groups in total. The van der Waals surface area contributed by atoms with Crippen molar-refractivity contribution in [2.24, 2.45) is 13.0 Å². The Kier molecular flexibility index (Phi) is 4.00. The first kappa shape index (κ1) is 15.2. The average molecular weight is 325 g/mol. The molecule has 1 heterocycles. The first-order valence-corrected chi connectivity index (χ1v) is 8.71. The Morgan fingerprint density at radius 2 is 2.25 bits per heavy atom. The Bertz CT molecular complexity index is 753. The number of aromatic nitrogens is 2. The molecule has 2 atom stereocenters. The van der Waals surface area contributed by atoms with E-state index >= 15 is 0 Å². The summed E-state index contributed by atoms with van der Waals surface area (Å²) in [6.45, 7) is 1.06. The van der Waals surface area contributed by atoms with Gasteiger partial charge >= 0.3 is 0 Å². The number of benzene rings is 1. The van der Waals surface area contributed by atoms with E-state index in [1.54, 1.807) is 4.68 Å². The number of hydrogen-bond donors (Lipinski definition) is 1. The van der Waals surface area contributed by atoms with Gasteiger partial charge in [0.2, 0.25) is 5.91 Å². The minimum absolute atomic E-state index is 0.0918. The second-order valence-corrected chi connectivity index (χ2v) is 6.82. The van der Waals surface area contributed by atoms with E-state index in [2.05, 4.69) is 22.5 Å². The van der Waals surface area contributed by atoms with Gasteiger partial charge in [-0.3, -0.25) is 9.48 Å². The van der Waals surface area contributed by atoms with Crippen molar-refractivity contribution >= 4 is 5.91 Å². The fourth-order valence-electron chi connectivity index (χ4n) is 3.60. The van der Waals surface area contributed by atoms with Crippen LogP contribution in [-0.2, 0) is 24.7 Å². The van der Waals surface area contributed by atoms with Crippen molar-refractivity contribution in [3.05, 3.63) is 47.3 Å². The maximum Gasteiger partial charge on any atom is 0.223 e. The molecule has 1 aromatic heterocycles. The Balaban J connectivity index is 1.20. The van der Waals surface area contributed by atoms with Gasteiger partial charge in [-0.2, -0.15) is 5.10 Å². The van der Waals surface area contributed by atoms with Gasteiger partial charge in [0.1, 0.15) is 12.4 Å². The number of rotatable bonds is 6. The van der Waals surface area contributed by atoms with Crippen LogP contribution in [-0.4, -0.2) is 28.8 Å². The molecule has 0 unspecified atom stereocenters. The number of carbonyl (C=O) groups is 1. The lowest BCUT2D eigenvalue weighted by atomic mass is 10.1. The van der Waals surface area contributed by atoms with Crippen molar-refractivity contribution in [1.82, 2.24) is 15.1 Å². The zero-order valence-corrected chi connectivity index (χ0v) is 14.0. The second kappa shape index (κ2) is 6.30. The van der Waals surface area contributed by atoms with Crippen molar-refractivity contribution < 1.29 is 9.53 Å². The van der Waals surface area contributed by atoms with Gasteiger partial charge in [-0.1, -0.05) is 6.07 Å². The molecular formula is C19H23N3O2. The zero-order chi connectivity index (χ0) is 16.5. The molecule has 0 bridgehead atoms. The first-order chi connectivity index (χ1) is 11.7. The number of ether oxygens (including phenoxy) is 1. The van der Waals surface area contributed by atoms with Crippen LogP contribution in [0.5, 0.6) is 5.75 Å². The van der Waals surface area contributed by atoms with Crippen molar-refractivity contribution in [1.29, 1.82) is 0 Å². The van der Waals surface area contributed by atoms with Crippen LogP contribution in [0.25, 0.3) is 0 Å². The van der Waals surface area contributed by atoms with E-state index in [1.165, 1.54) is 24.0 Å². The van der Waals surface area contributed by atoms with Crippen molar-refractivity contribution in [3.8, 4) is 5.75 Å². The quantitative estimate of drug-likeness (QED) is 0.829. The summed E-state index contributed by atoms with van der Waals surface area (Å²) >= 11 is 0. The highest BCUT2D eigenvalue weighted by atomic mass is 16.5. The predicted molar refractivity (Wildman–Crippen MR) is 91.0 cm³/mol. The van der Waals surface area contributed by atoms with Crippen LogP contribution in [0.2, 0.25) is 0 Å². The third-order valence-corrected chi connectivity index (χ3v) is 5.02. The molecule has 0 saturated heterocycles. The predicted octanol–water partition coefficient (Wildman–Crippen LogP) is 2.21. The number of fused-ring (bicyclic) bond motifs is 1. The molecule has 0 aliphatic heterocycles. The van der Waals surface area contributed by atoms with E-state index in [0.717, 1.165) is 24.2 Å². The fourth-order valence-corrected chi connectivity index (χ4v) is 3.60. The summed E-state index contributed by atoms with van der Waals surface area (Å²) in [5.41, 5.74) is 4.02. The van der Waals surface area contributed by atoms with Crippen LogP contribution in [0.15, 0.2) is 30.6 Å². The lowest BCUT2D eigenvalue weighted by Gasteiger charge is -2.09. The smallest absolute Gasteiger partial charge is 0.223 e. The fraction of sp³-hybridized carbons (Fsp3) is 0.474. The van der Waals surface area contributed by atoms with Gasteiger partial charge in [0.25, 0.3) is 0 Å². The molecule has 1 amide bonds. The summed E-state index contributed by atoms with van der Waals surface area (Å²) in [5.74, 6) is 1.46. The first-order valence-electron chi connectivity index (χ1n) is 8.71. The third kappa shape index (κ3) is 3.16. The molecule has 1 aromatic carbocycles. The maximum absolute atomic E-state index is 12.2. The van der Waals surface area contributed by atoms with Gasteiger partial charge in [0.05, 0.1) is 12.7 Å². The second-order valence-electron chi connectivity index (χ2n) is 6.82. The number of hydrogen-bond acceptors (Lipinski definition) is 3. The van der Waals surface area contributed by atoms with Crippen LogP contribution in [0.1, 0.15) is 35.4 Å². The number of carbonyl (C=O) groups excluding carboxylic acids is 1. The van der Waals surface area contributed by atoms with E-state index in [0.29, 0.717) is 19.1 Å². The summed E-state index contributed by atoms with van der Waals surface area (Å²) in [6, 6.07) is 6.34. The molecule has 4 rings (SSSR count). The van der Waals surface area contributed by atoms with E-state index in [-0.39, 0.29) is 11.8 Å². The van der Waals surface area contributed by atoms with Crippen LogP contribution < -0.4 is 10.1 Å². The van der Waals surface area contributed by atoms with Crippen molar-refractivity contribution in [2.45, 2.75) is 31.6 Å². The maximum atomic E-state index is 12.2. The molecule has 126 valence electrons. The van der Waals surface area contributed by atoms with Gasteiger partial charge in [-0.05, 0) is 60.4 Å². The average Bonchev–Trinajstić information content (AvgIpc) is 3.04. The van der Waals surface area contributed by atoms with Gasteiger partial charge in [-0.15, -0.1) is 0 Å². The van der Waals surface area contributed by atoms with Gasteiger partial charge < -0.3 is 10.1 Å². The van der Waals surface area contributed by atoms with E-state index < -0.39 is 0 Å². The molecule has 24 heavy (non-hydrogen) atoms. The number of nitrogens with zero attached hydrogens (tertiary/aromatic N) is 2. The normalized spacial score (nSPS) is 21.4. The number of aryl methyl sites for hydroxylation is 3. The highest BCUT2D eigenvalue weighted by Gasteiger charge is 2.44. The van der Waals surface area contributed by atoms with Crippen LogP contribution in [0, 0.1) is 5.92 Å². The largest absolute Gasteiger partial charge is 0.492 e. The summed E-state index contributed by atoms with van der Waals surface area (Å²) < 4.78 is 7.55. The van der Waals surface area contributed by atoms with Crippen LogP contribution in [0.3, 0.4) is 0 Å². The molecule has 1 saturated carbocycles. The number of amides is 1. The Labute approximate surface area is 142 Å². The SMILES string of the molecule is Cn1cc([C@H]2C[C@@H]2C(=O)NCCOc2ccc3c(c2)CCC3)cn1. The lowest BCUT2D eigenvalue weighted by Crippen LogP contribution is -2.29. The molecular weight excluding hydrogens is 302 g/mol. The summed E-state index contributed by atoms with van der Waals surface area (Å²) in [4.78, 5) is 12.2. The molecule has 1 fully saturated rings. The molecule has 0 radical (unpaired) electrons. The van der Waals surface area contributed by atoms with Gasteiger partial charge in [0.15, 0.2) is 0 Å². The Morgan fingerprint density at radius 1 is 1.38 bits per heavy atom. The zero-order valence-electron chi connectivity index (χ0n) is 14.0. The topological polar surface area (TPSA) is 56.2 Å². The van der Waals surface area contributed by atoms with Crippen molar-refractivity contribution in [3.63, 3.8) is 0 Å². The Morgan fingerprint density at radius 3 is 3.08 bits per heavy atom. The summed E-state index contributed by atoms with van der Waals surface area (Å²) in [7, 11) is 1.90. The highest BCUT2D eigenvalue weighted by Crippen LogP contribution is 2.47. The molecule has 5 heteroatoms. The van der Waals surface area contributed by atoms with Crippen LogP contribution in [0.4, 0.5) is 0 Å². The lowest BCUT2D eigenvalue weighted by molar-refractivity contribution is -0.122. The molecule has 2 aliphatic carbocycles. The monoisotopic (exact) mass is 325 g/mol. The Hall–Kier alpha value is -2.30. The summed E-state index contributed by atoms with van der Waals surface area (Å²) in [6.07, 6.45) is 8.35. The number of nitrogens with one attached hydrogen (secondary N) is 1. The van der Waals surface area contributed by atoms with Crippen molar-refractivity contribution in [2.75, 3.05) is 13.2 Å². The minimum Gasteiger partial charge on any atom is -0.492 e. The molecule has 0 spiro atoms. The van der Waals surface area contributed by atoms with Crippen LogP contribution >= 0.6 is 0 Å². The highest BCUT2D eigenvalue weighted by molar-refractivity contribution is 5.82. The van der Waals surface area contributed by atoms with Gasteiger partial charge in [0, 0.05) is 19.2 Å². The molecule has 2 aromatic rings. The standard InChI is InChI=1S/C19H23N3O2/c1-22-12-15(11-21-22)17-10-18(17)19(23)20-7-8-24-16-6-5-13-3-2-4-14(13)9-16/h5-6,9,11-12,17-18H,2-4,7-8,10H2,1H3,(H,20,23)/t17-,18+/m1/s1. The minimum atomic E-state index is 0.0918.